The number of nitrogens with zero attached hydrogens (tertiary/aromatic N) is 2. The number of hydrogen-bond donors (Lipinski definition) is 3. The summed E-state index contributed by atoms with van der Waals surface area (Å²) in [5.41, 5.74) is 7.03. The summed E-state index contributed by atoms with van der Waals surface area (Å²) in [5, 5.41) is 9.59. The summed E-state index contributed by atoms with van der Waals surface area (Å²) in [4.78, 5) is 15.9. The summed E-state index contributed by atoms with van der Waals surface area (Å²) < 4.78 is 5.24. The topological polar surface area (TPSA) is 106 Å². The number of H-pyrrole nitrogens is 1. The number of nitrogens with two attached hydrogens (primary N) is 1. The molecule has 120 valence electrons. The Morgan fingerprint density at radius 1 is 1.36 bits per heavy atom. The Labute approximate surface area is 135 Å². The van der Waals surface area contributed by atoms with Gasteiger partial charge in [0.15, 0.2) is 5.82 Å². The highest BCUT2D eigenvalue weighted by Gasteiger charge is 2.07. The van der Waals surface area contributed by atoms with Crippen molar-refractivity contribution in [1.29, 1.82) is 0 Å². The van der Waals surface area contributed by atoms with Crippen molar-refractivity contribution in [3.05, 3.63) is 30.1 Å². The molecule has 0 fully saturated rings. The fourth-order valence-electron chi connectivity index (χ4n) is 1.66. The van der Waals surface area contributed by atoms with E-state index in [1.807, 2.05) is 26.0 Å². The number of carbonyl (C=O) groups is 1. The van der Waals surface area contributed by atoms with Gasteiger partial charge in [0, 0.05) is 11.3 Å². The van der Waals surface area contributed by atoms with Crippen molar-refractivity contribution in [3.8, 4) is 11.4 Å². The van der Waals surface area contributed by atoms with Crippen molar-refractivity contribution >= 4 is 24.0 Å². The van der Waals surface area contributed by atoms with Gasteiger partial charge in [-0.15, -0.1) is 12.4 Å². The Morgan fingerprint density at radius 3 is 2.59 bits per heavy atom. The standard InChI is InChI=1S/C14H19N5O2.ClH/c1-9(2)21-8-13(20)16-11-5-3-10(4-6-11)14-17-12(7-15)18-19-14;/h3-6,9H,7-8,15H2,1-2H3,(H,16,20)(H,17,18,19);1H. The highest BCUT2D eigenvalue weighted by molar-refractivity contribution is 5.91. The summed E-state index contributed by atoms with van der Waals surface area (Å²) >= 11 is 0. The van der Waals surface area contributed by atoms with Crippen LogP contribution in [0.3, 0.4) is 0 Å². The van der Waals surface area contributed by atoms with Crippen molar-refractivity contribution in [2.24, 2.45) is 5.73 Å². The number of anilines is 1. The third-order valence-electron chi connectivity index (χ3n) is 2.70. The first kappa shape index (κ1) is 18.1. The lowest BCUT2D eigenvalue weighted by Gasteiger charge is -2.08. The number of amides is 1. The van der Waals surface area contributed by atoms with Gasteiger partial charge in [-0.3, -0.25) is 9.89 Å². The summed E-state index contributed by atoms with van der Waals surface area (Å²) in [6, 6.07) is 7.26. The molecule has 1 amide bonds. The third kappa shape index (κ3) is 5.10. The van der Waals surface area contributed by atoms with E-state index in [1.165, 1.54) is 0 Å². The molecule has 1 heterocycles. The van der Waals surface area contributed by atoms with E-state index in [4.69, 9.17) is 10.5 Å². The molecule has 2 aromatic rings. The van der Waals surface area contributed by atoms with E-state index >= 15 is 0 Å². The number of hydrogen-bond acceptors (Lipinski definition) is 5. The second-order valence-electron chi connectivity index (χ2n) is 4.80. The van der Waals surface area contributed by atoms with Crippen molar-refractivity contribution in [3.63, 3.8) is 0 Å². The van der Waals surface area contributed by atoms with Gasteiger partial charge in [0.1, 0.15) is 12.4 Å². The van der Waals surface area contributed by atoms with Crippen molar-refractivity contribution in [2.45, 2.75) is 26.5 Å². The number of benzene rings is 1. The van der Waals surface area contributed by atoms with Crippen LogP contribution < -0.4 is 11.1 Å². The highest BCUT2D eigenvalue weighted by Crippen LogP contribution is 2.17. The molecule has 0 aliphatic carbocycles. The SMILES string of the molecule is CC(C)OCC(=O)Nc1ccc(-c2n[nH]c(CN)n2)cc1.Cl. The number of ether oxygens (including phenoxy) is 1. The van der Waals surface area contributed by atoms with E-state index in [9.17, 15) is 4.79 Å². The number of carbonyl (C=O) groups excluding carboxylic acids is 1. The molecule has 0 bridgehead atoms. The first-order valence-corrected chi connectivity index (χ1v) is 6.71. The largest absolute Gasteiger partial charge is 0.369 e. The van der Waals surface area contributed by atoms with Crippen LogP contribution in [0.2, 0.25) is 0 Å². The van der Waals surface area contributed by atoms with Crippen molar-refractivity contribution < 1.29 is 9.53 Å². The fourth-order valence-corrected chi connectivity index (χ4v) is 1.66. The lowest BCUT2D eigenvalue weighted by molar-refractivity contribution is -0.121. The Balaban J connectivity index is 0.00000242. The molecule has 0 radical (unpaired) electrons. The lowest BCUT2D eigenvalue weighted by Crippen LogP contribution is -2.20. The lowest BCUT2D eigenvalue weighted by atomic mass is 10.2. The van der Waals surface area contributed by atoms with E-state index in [1.54, 1.807) is 12.1 Å². The van der Waals surface area contributed by atoms with Gasteiger partial charge in [-0.2, -0.15) is 5.10 Å². The quantitative estimate of drug-likeness (QED) is 0.749. The zero-order chi connectivity index (χ0) is 15.2. The molecule has 0 saturated carbocycles. The predicted molar refractivity (Wildman–Crippen MR) is 86.7 cm³/mol. The van der Waals surface area contributed by atoms with Crippen LogP contribution in [-0.4, -0.2) is 33.8 Å². The summed E-state index contributed by atoms with van der Waals surface area (Å²) in [6.07, 6.45) is 0.0283. The van der Waals surface area contributed by atoms with Crippen molar-refractivity contribution in [2.75, 3.05) is 11.9 Å². The molecule has 0 saturated heterocycles. The minimum Gasteiger partial charge on any atom is -0.369 e. The monoisotopic (exact) mass is 325 g/mol. The Morgan fingerprint density at radius 2 is 2.05 bits per heavy atom. The second kappa shape index (κ2) is 8.47. The molecular weight excluding hydrogens is 306 g/mol. The van der Waals surface area contributed by atoms with Gasteiger partial charge in [0.25, 0.3) is 0 Å². The number of halogens is 1. The summed E-state index contributed by atoms with van der Waals surface area (Å²) in [5.74, 6) is 1.03. The first-order valence-electron chi connectivity index (χ1n) is 6.71. The molecule has 4 N–H and O–H groups in total. The fraction of sp³-hybridized carbons (Fsp3) is 0.357. The van der Waals surface area contributed by atoms with Gasteiger partial charge in [-0.05, 0) is 38.1 Å². The van der Waals surface area contributed by atoms with Gasteiger partial charge in [-0.25, -0.2) is 4.98 Å². The van der Waals surface area contributed by atoms with Gasteiger partial charge < -0.3 is 15.8 Å². The van der Waals surface area contributed by atoms with Crippen LogP contribution in [-0.2, 0) is 16.1 Å². The molecule has 0 atom stereocenters. The average molecular weight is 326 g/mol. The molecule has 0 unspecified atom stereocenters. The van der Waals surface area contributed by atoms with E-state index < -0.39 is 0 Å². The average Bonchev–Trinajstić information content (AvgIpc) is 2.95. The molecule has 2 rings (SSSR count). The normalized spacial score (nSPS) is 10.4. The highest BCUT2D eigenvalue weighted by atomic mass is 35.5. The number of aromatic amines is 1. The Kier molecular flexibility index (Phi) is 6.97. The molecule has 7 nitrogen and oxygen atoms in total. The summed E-state index contributed by atoms with van der Waals surface area (Å²) in [6.45, 7) is 4.13. The van der Waals surface area contributed by atoms with Crippen LogP contribution in [0.1, 0.15) is 19.7 Å². The molecule has 1 aromatic heterocycles. The maximum Gasteiger partial charge on any atom is 0.250 e. The van der Waals surface area contributed by atoms with Crippen LogP contribution in [0.25, 0.3) is 11.4 Å². The van der Waals surface area contributed by atoms with Gasteiger partial charge in [0.05, 0.1) is 12.6 Å². The second-order valence-corrected chi connectivity index (χ2v) is 4.80. The maximum absolute atomic E-state index is 11.6. The molecule has 1 aromatic carbocycles. The summed E-state index contributed by atoms with van der Waals surface area (Å²) in [7, 11) is 0. The minimum absolute atomic E-state index is 0. The number of rotatable bonds is 6. The molecule has 22 heavy (non-hydrogen) atoms. The van der Waals surface area contributed by atoms with Gasteiger partial charge in [-0.1, -0.05) is 0 Å². The third-order valence-corrected chi connectivity index (χ3v) is 2.70. The first-order chi connectivity index (χ1) is 10.1. The number of nitrogens with one attached hydrogen (secondary N) is 2. The molecule has 8 heteroatoms. The van der Waals surface area contributed by atoms with Gasteiger partial charge >= 0.3 is 0 Å². The van der Waals surface area contributed by atoms with E-state index in [0.717, 1.165) is 5.56 Å². The van der Waals surface area contributed by atoms with E-state index in [0.29, 0.717) is 23.9 Å². The van der Waals surface area contributed by atoms with Crippen LogP contribution in [0.4, 0.5) is 5.69 Å². The molecule has 0 aliphatic heterocycles. The smallest absolute Gasteiger partial charge is 0.250 e. The Bertz CT molecular complexity index is 598. The maximum atomic E-state index is 11.6. The van der Waals surface area contributed by atoms with Crippen LogP contribution in [0.15, 0.2) is 24.3 Å². The predicted octanol–water partition coefficient (Wildman–Crippen LogP) is 1.72. The minimum atomic E-state index is -0.181. The molecule has 0 spiro atoms. The van der Waals surface area contributed by atoms with E-state index in [-0.39, 0.29) is 31.0 Å². The van der Waals surface area contributed by atoms with Gasteiger partial charge in [0.2, 0.25) is 5.91 Å². The Hall–Kier alpha value is -1.96. The van der Waals surface area contributed by atoms with E-state index in [2.05, 4.69) is 20.5 Å². The number of aromatic nitrogens is 3. The van der Waals surface area contributed by atoms with Crippen LogP contribution in [0.5, 0.6) is 0 Å². The van der Waals surface area contributed by atoms with Crippen LogP contribution >= 0.6 is 12.4 Å². The van der Waals surface area contributed by atoms with Crippen molar-refractivity contribution in [1.82, 2.24) is 15.2 Å². The zero-order valence-corrected chi connectivity index (χ0v) is 13.3. The van der Waals surface area contributed by atoms with Crippen LogP contribution in [0, 0.1) is 0 Å². The zero-order valence-electron chi connectivity index (χ0n) is 12.5. The molecule has 0 aliphatic rings. The molecular formula is C14H20ClN5O2.